The van der Waals surface area contributed by atoms with E-state index in [1.807, 2.05) is 0 Å². The summed E-state index contributed by atoms with van der Waals surface area (Å²) in [7, 11) is 0. The summed E-state index contributed by atoms with van der Waals surface area (Å²) >= 11 is 38.5. The highest BCUT2D eigenvalue weighted by Crippen LogP contribution is 2.84. The quantitative estimate of drug-likeness (QED) is 0.338. The summed E-state index contributed by atoms with van der Waals surface area (Å²) in [4.78, 5) is -5.21. The van der Waals surface area contributed by atoms with Crippen molar-refractivity contribution in [2.75, 3.05) is 0 Å². The van der Waals surface area contributed by atoms with E-state index in [-0.39, 0.29) is 0 Å². The molecule has 1 nitrogen and oxygen atoms in total. The summed E-state index contributed by atoms with van der Waals surface area (Å²) in [5.74, 6) is -12.1. The number of hydrogen-bond acceptors (Lipinski definition) is 1. The Kier molecular flexibility index (Phi) is 1.24. The van der Waals surface area contributed by atoms with Crippen LogP contribution in [0.15, 0.2) is 10.1 Å². The van der Waals surface area contributed by atoms with Gasteiger partial charge in [0, 0.05) is 8.22 Å². The number of allylic oxidation sites excluding steroid dienone is 2. The molecule has 1 saturated heterocycles. The van der Waals surface area contributed by atoms with Crippen LogP contribution >= 0.6 is 69.6 Å². The first-order chi connectivity index (χ1) is 11.8. The smallest absolute Gasteiger partial charge is 0.166 e. The van der Waals surface area contributed by atoms with Crippen molar-refractivity contribution in [1.82, 2.24) is 0 Å². The van der Waals surface area contributed by atoms with Crippen molar-refractivity contribution in [3.63, 3.8) is 0 Å². The minimum Gasteiger partial charge on any atom is -0.369 e. The molecule has 5 rings (SSSR count). The molecule has 4 aliphatic carbocycles. The number of rotatable bonds is 0. The van der Waals surface area contributed by atoms with E-state index in [9.17, 15) is 0 Å². The van der Waals surface area contributed by atoms with E-state index < -0.39 is 66.3 Å². The van der Waals surface area contributed by atoms with E-state index >= 15 is 0 Å². The van der Waals surface area contributed by atoms with E-state index in [4.69, 9.17) is 85.3 Å². The van der Waals surface area contributed by atoms with Crippen LogP contribution in [0.4, 0.5) is 0 Å². The van der Waals surface area contributed by atoms with Crippen molar-refractivity contribution in [2.45, 2.75) is 32.6 Å². The first-order valence-corrected chi connectivity index (χ1v) is 7.56. The molecular weight excluding hydrogens is 373 g/mol. The van der Waals surface area contributed by atoms with Gasteiger partial charge in [-0.15, -0.1) is 23.2 Å². The molecule has 0 radical (unpaired) electrons. The zero-order valence-corrected chi connectivity index (χ0v) is 13.2. The van der Waals surface area contributed by atoms with Crippen LogP contribution in [0.2, 0.25) is 0 Å². The Morgan fingerprint density at radius 2 is 1.42 bits per heavy atom. The molecule has 0 aromatic carbocycles. The third kappa shape index (κ3) is 0.986. The topological polar surface area (TPSA) is 12.5 Å². The van der Waals surface area contributed by atoms with Crippen LogP contribution in [0, 0.1) is 23.6 Å². The Morgan fingerprint density at radius 1 is 1.00 bits per heavy atom. The average molecular weight is 389 g/mol. The second-order valence-corrected chi connectivity index (χ2v) is 8.12. The van der Waals surface area contributed by atoms with E-state index in [1.54, 1.807) is 0 Å². The number of fused-ring (bicyclic) bond motifs is 12. The fourth-order valence-corrected chi connectivity index (χ4v) is 5.99. The number of halogens is 6. The van der Waals surface area contributed by atoms with Crippen molar-refractivity contribution in [3.05, 3.63) is 10.1 Å². The van der Waals surface area contributed by atoms with Gasteiger partial charge in [0.25, 0.3) is 0 Å². The van der Waals surface area contributed by atoms with E-state index in [0.29, 0.717) is 0 Å². The van der Waals surface area contributed by atoms with Crippen LogP contribution in [0.3, 0.4) is 0 Å². The summed E-state index contributed by atoms with van der Waals surface area (Å²) in [6.07, 6.45) is -8.50. The predicted octanol–water partition coefficient (Wildman–Crippen LogP) is 4.48. The highest BCUT2D eigenvalue weighted by molar-refractivity contribution is 6.65. The van der Waals surface area contributed by atoms with Crippen LogP contribution in [0.5, 0.6) is 0 Å². The molecule has 1 unspecified atom stereocenters. The minimum absolute atomic E-state index is 0.554. The molecule has 4 fully saturated rings. The number of alkyl halides is 4. The van der Waals surface area contributed by atoms with Gasteiger partial charge < -0.3 is 4.74 Å². The minimum atomic E-state index is -3.12. The lowest BCUT2D eigenvalue weighted by Crippen LogP contribution is -2.46. The Morgan fingerprint density at radius 3 is 1.84 bits per heavy atom. The summed E-state index contributed by atoms with van der Waals surface area (Å²) in [6, 6.07) is 0. The molecule has 5 aliphatic rings. The fraction of sp³-hybridized carbons (Fsp3) is 0.833. The first-order valence-electron chi connectivity index (χ1n) is 9.29. The average Bonchev–Trinajstić information content (AvgIpc) is 3.07. The molecular formula is C12H8Cl6O. The maximum Gasteiger partial charge on any atom is 0.166 e. The van der Waals surface area contributed by atoms with Crippen molar-refractivity contribution in [3.8, 4) is 0 Å². The van der Waals surface area contributed by atoms with Crippen LogP contribution < -0.4 is 0 Å². The molecule has 19 heavy (non-hydrogen) atoms. The maximum absolute atomic E-state index is 9.13. The Balaban J connectivity index is 2.06. The summed E-state index contributed by atoms with van der Waals surface area (Å²) in [5, 5.41) is -1.11. The van der Waals surface area contributed by atoms with Gasteiger partial charge in [0.2, 0.25) is 0 Å². The highest BCUT2D eigenvalue weighted by atomic mass is 35.5. The van der Waals surface area contributed by atoms with Gasteiger partial charge in [0.15, 0.2) is 4.33 Å². The van der Waals surface area contributed by atoms with E-state index in [1.165, 1.54) is 0 Å². The molecule has 0 amide bonds. The van der Waals surface area contributed by atoms with Gasteiger partial charge in [-0.1, -0.05) is 46.4 Å². The standard InChI is InChI=1S/C12H8Cl6O/c13-8-9(14)11(16)5-3-1-2(6-7(3)19-6)4(5)10(8,15)12(11,17)18/h2-7H,1H2/t2-,3?,4-,5-,6+,7-,10-,11+/m1/s1/i1D2,2D,3D,4D,5D,6D,7D. The first kappa shape index (κ1) is 7.34. The van der Waals surface area contributed by atoms with E-state index in [2.05, 4.69) is 0 Å². The monoisotopic (exact) mass is 386 g/mol. The SMILES string of the molecule is [2H]C1([2H])C2([2H])[C@]3([2H])[C@@]([2H])([C@]1([2H])[C@]1([2H])O[C@]21[2H])[C@@]1(Cl)C(Cl)=C(Cl)[C@]3(Cl)C1(Cl)Cl. The third-order valence-corrected chi connectivity index (χ3v) is 8.25. The zero-order valence-electron chi connectivity index (χ0n) is 16.7. The Bertz CT molecular complexity index is 852. The van der Waals surface area contributed by atoms with Crippen LogP contribution in [-0.2, 0) is 4.74 Å². The van der Waals surface area contributed by atoms with Crippen molar-refractivity contribution < 1.29 is 15.7 Å². The van der Waals surface area contributed by atoms with Crippen molar-refractivity contribution in [2.24, 2.45) is 23.6 Å². The van der Waals surface area contributed by atoms with Crippen LogP contribution in [0.1, 0.15) is 17.3 Å². The van der Waals surface area contributed by atoms with Gasteiger partial charge >= 0.3 is 0 Å². The zero-order chi connectivity index (χ0) is 20.9. The van der Waals surface area contributed by atoms with Gasteiger partial charge in [0.1, 0.15) is 9.75 Å². The van der Waals surface area contributed by atoms with Gasteiger partial charge in [-0.25, -0.2) is 0 Å². The van der Waals surface area contributed by atoms with Gasteiger partial charge in [-0.3, -0.25) is 0 Å². The lowest BCUT2D eigenvalue weighted by molar-refractivity contribution is 0.237. The summed E-state index contributed by atoms with van der Waals surface area (Å²) < 4.78 is 72.4. The number of epoxide rings is 1. The summed E-state index contributed by atoms with van der Waals surface area (Å²) in [5.41, 5.74) is 0. The molecule has 104 valence electrons. The number of hydrogen-bond donors (Lipinski definition) is 0. The Labute approximate surface area is 151 Å². The van der Waals surface area contributed by atoms with E-state index in [0.717, 1.165) is 0 Å². The lowest BCUT2D eigenvalue weighted by atomic mass is 9.73. The molecule has 0 aromatic rings. The molecule has 3 saturated carbocycles. The lowest BCUT2D eigenvalue weighted by Gasteiger charge is -2.38. The molecule has 0 N–H and O–H groups in total. The van der Waals surface area contributed by atoms with Gasteiger partial charge in [0.05, 0.1) is 25.0 Å². The molecule has 1 heterocycles. The Hall–Kier alpha value is 1.44. The summed E-state index contributed by atoms with van der Waals surface area (Å²) in [6.45, 7) is 0. The second-order valence-electron chi connectivity index (χ2n) is 4.90. The molecule has 1 aliphatic heterocycles. The molecule has 8 atom stereocenters. The molecule has 7 heteroatoms. The van der Waals surface area contributed by atoms with Crippen molar-refractivity contribution >= 4 is 69.6 Å². The van der Waals surface area contributed by atoms with Crippen molar-refractivity contribution in [1.29, 1.82) is 0 Å². The number of ether oxygens (including phenoxy) is 1. The van der Waals surface area contributed by atoms with Gasteiger partial charge in [-0.05, 0) is 29.9 Å². The van der Waals surface area contributed by atoms with Crippen LogP contribution in [0.25, 0.3) is 0 Å². The van der Waals surface area contributed by atoms with Crippen LogP contribution in [-0.4, -0.2) is 26.2 Å². The normalized spacial score (nSPS) is 98.6. The van der Waals surface area contributed by atoms with Gasteiger partial charge in [-0.2, -0.15) is 0 Å². The molecule has 0 aromatic heterocycles. The second kappa shape index (κ2) is 3.20. The largest absolute Gasteiger partial charge is 0.369 e. The predicted molar refractivity (Wildman–Crippen MR) is 77.6 cm³/mol. The molecule has 4 bridgehead atoms. The maximum atomic E-state index is 9.13. The fourth-order valence-electron chi connectivity index (χ4n) is 3.28. The third-order valence-electron chi connectivity index (χ3n) is 4.17. The highest BCUT2D eigenvalue weighted by Gasteiger charge is 2.89. The molecule has 0 spiro atoms.